The Hall–Kier alpha value is -1.12. The molecule has 1 unspecified atom stereocenters. The molecule has 0 N–H and O–H groups in total. The Morgan fingerprint density at radius 2 is 1.43 bits per heavy atom. The van der Waals surface area contributed by atoms with Crippen molar-refractivity contribution in [2.75, 3.05) is 5.75 Å². The van der Waals surface area contributed by atoms with Crippen molar-refractivity contribution in [2.45, 2.75) is 42.8 Å². The lowest BCUT2D eigenvalue weighted by Crippen LogP contribution is -2.38. The molecule has 0 aliphatic heterocycles. The van der Waals surface area contributed by atoms with E-state index in [1.807, 2.05) is 0 Å². The first kappa shape index (κ1) is 19.9. The number of alkyl halides is 8. The first-order chi connectivity index (χ1) is 9.12. The number of nitrogens with zero attached hydrogens (tertiary/aromatic N) is 1. The normalized spacial score (nSPS) is 15.6. The maximum Gasteiger partial charge on any atom is 0.453 e. The van der Waals surface area contributed by atoms with Crippen molar-refractivity contribution in [3.05, 3.63) is 0 Å². The maximum atomic E-state index is 12.6. The first-order valence-corrected chi connectivity index (χ1v) is 6.96. The van der Waals surface area contributed by atoms with E-state index >= 15 is 0 Å². The summed E-state index contributed by atoms with van der Waals surface area (Å²) in [4.78, 5) is 0. The number of nitriles is 1. The van der Waals surface area contributed by atoms with Gasteiger partial charge in [-0.1, -0.05) is 0 Å². The Morgan fingerprint density at radius 3 is 1.76 bits per heavy atom. The largest absolute Gasteiger partial charge is 0.453 e. The Balaban J connectivity index is 4.85. The lowest BCUT2D eigenvalue weighted by molar-refractivity contribution is -0.284. The molecule has 3 nitrogen and oxygen atoms in total. The van der Waals surface area contributed by atoms with Gasteiger partial charge in [-0.05, 0) is 6.42 Å². The van der Waals surface area contributed by atoms with E-state index in [0.29, 0.717) is 0 Å². The minimum Gasteiger partial charge on any atom is -0.227 e. The molecule has 124 valence electrons. The predicted octanol–water partition coefficient (Wildman–Crippen LogP) is 3.22. The molecule has 0 aromatic rings. The summed E-state index contributed by atoms with van der Waals surface area (Å²) in [7, 11) is -4.76. The molecule has 0 fully saturated rings. The Morgan fingerprint density at radius 1 is 0.952 bits per heavy atom. The fourth-order valence-electron chi connectivity index (χ4n) is 1.18. The van der Waals surface area contributed by atoms with Crippen molar-refractivity contribution >= 4 is 9.84 Å². The van der Waals surface area contributed by atoms with Gasteiger partial charge in [-0.15, -0.1) is 0 Å². The molecule has 0 rings (SSSR count). The van der Waals surface area contributed by atoms with Crippen LogP contribution in [0.5, 0.6) is 0 Å². The Kier molecular flexibility index (Phi) is 5.99. The highest BCUT2D eigenvalue weighted by Gasteiger charge is 2.57. The monoisotopic (exact) mass is 347 g/mol. The fraction of sp³-hybridized carbons (Fsp3) is 0.889. The molecule has 12 heteroatoms. The van der Waals surface area contributed by atoms with E-state index in [4.69, 9.17) is 5.26 Å². The molecular weight excluding hydrogens is 338 g/mol. The zero-order valence-electron chi connectivity index (χ0n) is 10.1. The summed E-state index contributed by atoms with van der Waals surface area (Å²) < 4.78 is 119. The molecule has 0 aromatic carbocycles. The Labute approximate surface area is 114 Å². The molecule has 0 aromatic heterocycles. The van der Waals surface area contributed by atoms with Gasteiger partial charge in [0.1, 0.15) is 5.25 Å². The van der Waals surface area contributed by atoms with Crippen LogP contribution in [0.1, 0.15) is 19.3 Å². The fourth-order valence-corrected chi connectivity index (χ4v) is 2.62. The van der Waals surface area contributed by atoms with Gasteiger partial charge < -0.3 is 0 Å². The topological polar surface area (TPSA) is 57.9 Å². The summed E-state index contributed by atoms with van der Waals surface area (Å²) >= 11 is 0. The van der Waals surface area contributed by atoms with Crippen LogP contribution < -0.4 is 0 Å². The van der Waals surface area contributed by atoms with Gasteiger partial charge in [0.25, 0.3) is 0 Å². The Bertz CT molecular complexity index is 487. The van der Waals surface area contributed by atoms with Crippen molar-refractivity contribution < 1.29 is 43.5 Å². The second kappa shape index (κ2) is 6.33. The van der Waals surface area contributed by atoms with E-state index in [0.717, 1.165) is 6.07 Å². The molecule has 0 spiro atoms. The molecule has 0 saturated heterocycles. The summed E-state index contributed by atoms with van der Waals surface area (Å²) in [5.74, 6) is -6.77. The summed E-state index contributed by atoms with van der Waals surface area (Å²) in [6.45, 7) is 0. The number of halogens is 8. The molecule has 21 heavy (non-hydrogen) atoms. The summed E-state index contributed by atoms with van der Waals surface area (Å²) in [6, 6.07) is 0.947. The molecule has 0 saturated carbocycles. The molecule has 0 radical (unpaired) electrons. The third kappa shape index (κ3) is 6.45. The zero-order valence-corrected chi connectivity index (χ0v) is 10.9. The number of hydrogen-bond acceptors (Lipinski definition) is 3. The lowest BCUT2D eigenvalue weighted by Gasteiger charge is -2.20. The van der Waals surface area contributed by atoms with Crippen LogP contribution in [-0.4, -0.2) is 37.7 Å². The van der Waals surface area contributed by atoms with Gasteiger partial charge in [0, 0.05) is 6.42 Å². The zero-order chi connectivity index (χ0) is 17.1. The van der Waals surface area contributed by atoms with Crippen LogP contribution in [0.4, 0.5) is 35.1 Å². The minimum atomic E-state index is -5.93. The smallest absolute Gasteiger partial charge is 0.227 e. The van der Waals surface area contributed by atoms with Crippen molar-refractivity contribution in [3.63, 3.8) is 0 Å². The molecule has 0 aliphatic carbocycles. The molecule has 0 bridgehead atoms. The average molecular weight is 347 g/mol. The number of sulfone groups is 1. The highest BCUT2D eigenvalue weighted by Crippen LogP contribution is 2.39. The van der Waals surface area contributed by atoms with E-state index in [1.54, 1.807) is 0 Å². The van der Waals surface area contributed by atoms with E-state index in [1.165, 1.54) is 0 Å². The quantitative estimate of drug-likeness (QED) is 0.693. The van der Waals surface area contributed by atoms with Crippen LogP contribution >= 0.6 is 0 Å². The molecular formula is C9H9F8NO2S. The second-order valence-corrected chi connectivity index (χ2v) is 6.39. The summed E-state index contributed by atoms with van der Waals surface area (Å²) in [6.07, 6.45) is -16.0. The van der Waals surface area contributed by atoms with Gasteiger partial charge in [0.2, 0.25) is 0 Å². The first-order valence-electron chi connectivity index (χ1n) is 5.25. The van der Waals surface area contributed by atoms with Crippen molar-refractivity contribution in [3.8, 4) is 6.07 Å². The van der Waals surface area contributed by atoms with Gasteiger partial charge in [-0.25, -0.2) is 8.42 Å². The number of rotatable bonds is 6. The van der Waals surface area contributed by atoms with Gasteiger partial charge in [0.05, 0.1) is 18.2 Å². The van der Waals surface area contributed by atoms with Crippen molar-refractivity contribution in [2.24, 2.45) is 0 Å². The minimum absolute atomic E-state index is 0.947. The molecule has 0 aliphatic rings. The van der Waals surface area contributed by atoms with Gasteiger partial charge in [-0.3, -0.25) is 0 Å². The van der Waals surface area contributed by atoms with E-state index in [2.05, 4.69) is 0 Å². The van der Waals surface area contributed by atoms with Crippen LogP contribution in [0.25, 0.3) is 0 Å². The third-order valence-electron chi connectivity index (χ3n) is 2.38. The van der Waals surface area contributed by atoms with Gasteiger partial charge in [0.15, 0.2) is 9.84 Å². The van der Waals surface area contributed by atoms with E-state index < -0.39 is 58.4 Å². The summed E-state index contributed by atoms with van der Waals surface area (Å²) in [5.41, 5.74) is 0. The standard InChI is InChI=1S/C9H9F8NO2S/c10-7(11,9(15,16)17)2-1-6(5-18)21(19,20)4-3-8(12,13)14/h6H,1-4H2. The maximum absolute atomic E-state index is 12.6. The summed E-state index contributed by atoms with van der Waals surface area (Å²) in [5, 5.41) is 6.10. The predicted molar refractivity (Wildman–Crippen MR) is 54.1 cm³/mol. The van der Waals surface area contributed by atoms with Gasteiger partial charge >= 0.3 is 18.3 Å². The molecule has 0 amide bonds. The SMILES string of the molecule is N#CC(CCC(F)(F)C(F)(F)F)S(=O)(=O)CCC(F)(F)F. The highest BCUT2D eigenvalue weighted by atomic mass is 32.2. The number of hydrogen-bond donors (Lipinski definition) is 0. The molecule has 0 heterocycles. The highest BCUT2D eigenvalue weighted by molar-refractivity contribution is 7.92. The average Bonchev–Trinajstić information content (AvgIpc) is 2.24. The van der Waals surface area contributed by atoms with Crippen LogP contribution in [0.2, 0.25) is 0 Å². The van der Waals surface area contributed by atoms with Crippen molar-refractivity contribution in [1.29, 1.82) is 5.26 Å². The van der Waals surface area contributed by atoms with Gasteiger partial charge in [-0.2, -0.15) is 40.4 Å². The van der Waals surface area contributed by atoms with E-state index in [9.17, 15) is 43.5 Å². The lowest BCUT2D eigenvalue weighted by atomic mass is 10.1. The van der Waals surface area contributed by atoms with Crippen LogP contribution in [0, 0.1) is 11.3 Å². The molecule has 1 atom stereocenters. The van der Waals surface area contributed by atoms with Crippen molar-refractivity contribution in [1.82, 2.24) is 0 Å². The van der Waals surface area contributed by atoms with E-state index in [-0.39, 0.29) is 0 Å². The van der Waals surface area contributed by atoms with Crippen LogP contribution in [-0.2, 0) is 9.84 Å². The van der Waals surface area contributed by atoms with Crippen LogP contribution in [0.3, 0.4) is 0 Å². The van der Waals surface area contributed by atoms with Crippen LogP contribution in [0.15, 0.2) is 0 Å². The third-order valence-corrected chi connectivity index (χ3v) is 4.36. The second-order valence-electron chi connectivity index (χ2n) is 4.09.